The number of nitrogens with zero attached hydrogens (tertiary/aromatic N) is 3. The second-order valence-electron chi connectivity index (χ2n) is 6.21. The van der Waals surface area contributed by atoms with Crippen LogP contribution in [-0.2, 0) is 24.7 Å². The molecule has 4 nitrogen and oxygen atoms in total. The lowest BCUT2D eigenvalue weighted by Crippen LogP contribution is -2.31. The fourth-order valence-electron chi connectivity index (χ4n) is 3.46. The third-order valence-electron chi connectivity index (χ3n) is 4.95. The number of benzene rings is 1. The molecule has 1 aromatic carbocycles. The van der Waals surface area contributed by atoms with Crippen LogP contribution in [0.1, 0.15) is 40.5 Å². The zero-order valence-corrected chi connectivity index (χ0v) is 13.8. The van der Waals surface area contributed by atoms with Gasteiger partial charge in [-0.3, -0.25) is 9.48 Å². The molecular weight excluding hydrogens is 274 g/mol. The van der Waals surface area contributed by atoms with Crippen molar-refractivity contribution in [2.24, 2.45) is 7.05 Å². The molecule has 4 heteroatoms. The highest BCUT2D eigenvalue weighted by molar-refractivity contribution is 5.79. The molecule has 0 bridgehead atoms. The van der Waals surface area contributed by atoms with Crippen molar-refractivity contribution in [2.45, 2.75) is 39.2 Å². The van der Waals surface area contributed by atoms with Gasteiger partial charge in [-0.1, -0.05) is 24.3 Å². The standard InChI is InChI=1S/C18H23N3O/c1-12-16(13(2)21(4)19-12)11-18(22)20(3)17-10-9-14-7-5-6-8-15(14)17/h5-8,17H,9-11H2,1-4H3. The highest BCUT2D eigenvalue weighted by Gasteiger charge is 2.28. The minimum Gasteiger partial charge on any atom is -0.338 e. The van der Waals surface area contributed by atoms with Crippen molar-refractivity contribution < 1.29 is 4.79 Å². The Morgan fingerprint density at radius 2 is 2.09 bits per heavy atom. The van der Waals surface area contributed by atoms with Gasteiger partial charge in [0.15, 0.2) is 0 Å². The molecule has 22 heavy (non-hydrogen) atoms. The van der Waals surface area contributed by atoms with Crippen molar-refractivity contribution in [3.05, 3.63) is 52.3 Å². The van der Waals surface area contributed by atoms with E-state index in [1.807, 2.05) is 37.5 Å². The van der Waals surface area contributed by atoms with Crippen LogP contribution in [0.5, 0.6) is 0 Å². The molecule has 0 N–H and O–H groups in total. The van der Waals surface area contributed by atoms with E-state index in [2.05, 4.69) is 29.4 Å². The number of aromatic nitrogens is 2. The maximum Gasteiger partial charge on any atom is 0.227 e. The Morgan fingerprint density at radius 3 is 2.77 bits per heavy atom. The summed E-state index contributed by atoms with van der Waals surface area (Å²) in [5, 5.41) is 4.40. The molecule has 1 atom stereocenters. The summed E-state index contributed by atoms with van der Waals surface area (Å²) in [6, 6.07) is 8.66. The second-order valence-corrected chi connectivity index (χ2v) is 6.21. The van der Waals surface area contributed by atoms with Gasteiger partial charge in [0, 0.05) is 25.4 Å². The minimum atomic E-state index is 0.168. The fourth-order valence-corrected chi connectivity index (χ4v) is 3.46. The molecule has 1 aromatic heterocycles. The smallest absolute Gasteiger partial charge is 0.227 e. The molecule has 1 aliphatic rings. The van der Waals surface area contributed by atoms with Gasteiger partial charge in [-0.2, -0.15) is 5.10 Å². The number of carbonyl (C=O) groups excluding carboxylic acids is 1. The first kappa shape index (κ1) is 14.8. The van der Waals surface area contributed by atoms with Gasteiger partial charge in [-0.25, -0.2) is 0 Å². The zero-order valence-electron chi connectivity index (χ0n) is 13.8. The molecule has 1 heterocycles. The summed E-state index contributed by atoms with van der Waals surface area (Å²) in [5.41, 5.74) is 5.77. The summed E-state index contributed by atoms with van der Waals surface area (Å²) in [5.74, 6) is 0.168. The minimum absolute atomic E-state index is 0.168. The third-order valence-corrected chi connectivity index (χ3v) is 4.95. The molecule has 0 radical (unpaired) electrons. The predicted octanol–water partition coefficient (Wildman–Crippen LogP) is 2.73. The van der Waals surface area contributed by atoms with Crippen LogP contribution in [-0.4, -0.2) is 27.6 Å². The van der Waals surface area contributed by atoms with Crippen LogP contribution in [0.15, 0.2) is 24.3 Å². The summed E-state index contributed by atoms with van der Waals surface area (Å²) in [4.78, 5) is 14.6. The first-order valence-corrected chi connectivity index (χ1v) is 7.81. The van der Waals surface area contributed by atoms with E-state index in [4.69, 9.17) is 0 Å². The molecule has 116 valence electrons. The van der Waals surface area contributed by atoms with E-state index in [0.29, 0.717) is 6.42 Å². The van der Waals surface area contributed by atoms with Gasteiger partial charge >= 0.3 is 0 Å². The Labute approximate surface area is 131 Å². The van der Waals surface area contributed by atoms with E-state index >= 15 is 0 Å². The van der Waals surface area contributed by atoms with Gasteiger partial charge < -0.3 is 4.90 Å². The Hall–Kier alpha value is -2.10. The van der Waals surface area contributed by atoms with Crippen molar-refractivity contribution in [1.82, 2.24) is 14.7 Å². The van der Waals surface area contributed by atoms with Gasteiger partial charge in [0.2, 0.25) is 5.91 Å². The van der Waals surface area contributed by atoms with Crippen LogP contribution in [0.3, 0.4) is 0 Å². The lowest BCUT2D eigenvalue weighted by atomic mass is 10.1. The molecule has 3 rings (SSSR count). The summed E-state index contributed by atoms with van der Waals surface area (Å²) in [6.07, 6.45) is 2.51. The zero-order chi connectivity index (χ0) is 15.9. The summed E-state index contributed by atoms with van der Waals surface area (Å²) < 4.78 is 1.85. The SMILES string of the molecule is Cc1nn(C)c(C)c1CC(=O)N(C)C1CCc2ccccc21. The summed E-state index contributed by atoms with van der Waals surface area (Å²) in [7, 11) is 3.85. The van der Waals surface area contributed by atoms with Crippen LogP contribution < -0.4 is 0 Å². The molecule has 0 saturated heterocycles. The fraction of sp³-hybridized carbons (Fsp3) is 0.444. The summed E-state index contributed by atoms with van der Waals surface area (Å²) >= 11 is 0. The molecule has 0 spiro atoms. The average molecular weight is 297 g/mol. The number of rotatable bonds is 3. The number of fused-ring (bicyclic) bond motifs is 1. The molecule has 0 aliphatic heterocycles. The molecule has 0 saturated carbocycles. The largest absolute Gasteiger partial charge is 0.338 e. The number of hydrogen-bond acceptors (Lipinski definition) is 2. The van der Waals surface area contributed by atoms with E-state index in [-0.39, 0.29) is 11.9 Å². The van der Waals surface area contributed by atoms with E-state index in [0.717, 1.165) is 29.8 Å². The first-order valence-electron chi connectivity index (χ1n) is 7.81. The highest BCUT2D eigenvalue weighted by Crippen LogP contribution is 2.35. The van der Waals surface area contributed by atoms with E-state index in [1.165, 1.54) is 11.1 Å². The molecule has 2 aromatic rings. The number of likely N-dealkylation sites (N-methyl/N-ethyl adjacent to an activating group) is 1. The third kappa shape index (κ3) is 2.43. The van der Waals surface area contributed by atoms with Gasteiger partial charge in [-0.05, 0) is 37.8 Å². The topological polar surface area (TPSA) is 38.1 Å². The number of amides is 1. The maximum atomic E-state index is 12.7. The molecule has 1 amide bonds. The normalized spacial score (nSPS) is 16.6. The van der Waals surface area contributed by atoms with Crippen LogP contribution in [0.25, 0.3) is 0 Å². The van der Waals surface area contributed by atoms with Crippen molar-refractivity contribution >= 4 is 5.91 Å². The van der Waals surface area contributed by atoms with Crippen LogP contribution in [0.4, 0.5) is 0 Å². The van der Waals surface area contributed by atoms with Gasteiger partial charge in [0.1, 0.15) is 0 Å². The highest BCUT2D eigenvalue weighted by atomic mass is 16.2. The Kier molecular flexibility index (Phi) is 3.77. The second kappa shape index (κ2) is 5.59. The van der Waals surface area contributed by atoms with E-state index < -0.39 is 0 Å². The van der Waals surface area contributed by atoms with Gasteiger partial charge in [-0.15, -0.1) is 0 Å². The predicted molar refractivity (Wildman–Crippen MR) is 86.7 cm³/mol. The number of aryl methyl sites for hydroxylation is 3. The monoisotopic (exact) mass is 297 g/mol. The lowest BCUT2D eigenvalue weighted by molar-refractivity contribution is -0.131. The molecule has 1 unspecified atom stereocenters. The first-order chi connectivity index (χ1) is 10.5. The molecule has 0 fully saturated rings. The van der Waals surface area contributed by atoms with Crippen molar-refractivity contribution in [2.75, 3.05) is 7.05 Å². The van der Waals surface area contributed by atoms with E-state index in [9.17, 15) is 4.79 Å². The number of hydrogen-bond donors (Lipinski definition) is 0. The average Bonchev–Trinajstić information content (AvgIpc) is 3.03. The molecular formula is C18H23N3O. The van der Waals surface area contributed by atoms with Crippen LogP contribution in [0.2, 0.25) is 0 Å². The van der Waals surface area contributed by atoms with E-state index in [1.54, 1.807) is 0 Å². The lowest BCUT2D eigenvalue weighted by Gasteiger charge is -2.25. The number of carbonyl (C=O) groups is 1. The van der Waals surface area contributed by atoms with Gasteiger partial charge in [0.25, 0.3) is 0 Å². The maximum absolute atomic E-state index is 12.7. The Morgan fingerprint density at radius 1 is 1.36 bits per heavy atom. The summed E-state index contributed by atoms with van der Waals surface area (Å²) in [6.45, 7) is 3.99. The Balaban J connectivity index is 1.79. The van der Waals surface area contributed by atoms with Gasteiger partial charge in [0.05, 0.1) is 18.2 Å². The quantitative estimate of drug-likeness (QED) is 0.873. The van der Waals surface area contributed by atoms with Crippen LogP contribution >= 0.6 is 0 Å². The van der Waals surface area contributed by atoms with Crippen molar-refractivity contribution in [3.8, 4) is 0 Å². The van der Waals surface area contributed by atoms with Crippen molar-refractivity contribution in [3.63, 3.8) is 0 Å². The van der Waals surface area contributed by atoms with Crippen LogP contribution in [0, 0.1) is 13.8 Å². The Bertz CT molecular complexity index is 717. The molecule has 1 aliphatic carbocycles. The van der Waals surface area contributed by atoms with Crippen molar-refractivity contribution in [1.29, 1.82) is 0 Å².